The molecule has 0 aliphatic carbocycles. The van der Waals surface area contributed by atoms with E-state index in [9.17, 15) is 26.3 Å². The second-order valence-electron chi connectivity index (χ2n) is 17.5. The number of fused-ring (bicyclic) bond motifs is 6. The van der Waals surface area contributed by atoms with Crippen LogP contribution in [0.15, 0.2) is 109 Å². The fourth-order valence-electron chi connectivity index (χ4n) is 9.08. The average Bonchev–Trinajstić information content (AvgIpc) is 3.61. The lowest BCUT2D eigenvalue weighted by molar-refractivity contribution is 0.970. The van der Waals surface area contributed by atoms with Gasteiger partial charge in [0.15, 0.2) is 22.7 Å². The van der Waals surface area contributed by atoms with E-state index < -0.39 is 0 Å². The van der Waals surface area contributed by atoms with E-state index in [1.54, 1.807) is 79.7 Å². The van der Waals surface area contributed by atoms with Gasteiger partial charge >= 0.3 is 0 Å². The molecule has 0 amide bonds. The summed E-state index contributed by atoms with van der Waals surface area (Å²) >= 11 is 0. The summed E-state index contributed by atoms with van der Waals surface area (Å²) < 4.78 is 0. The standard InChI is InChI=1S/C62H25N17/c1-33-8-11-36(24-42(33)30-65)53-55(38-13-14-41(29-64)48(26-38)71-5)79-62-59(76-53)57-58(75-52(23-35-10-17-46(69-3)49(21-35)72-6)51(74-57)22-34-9-12-40(28-63)43(20-34)31-66)60-61(62)77-54(37-15-18-45(68-2)44(25-37)32-67)56(78-60)39-16-19-47(70-4)50(27-39)73-7/h8-21,24-27H,22-23H2,1H3. The number of nitrogens with zero attached hydrogens (tertiary/aromatic N) is 17. The third kappa shape index (κ3) is 8.81. The van der Waals surface area contributed by atoms with Crippen LogP contribution >= 0.6 is 0 Å². The van der Waals surface area contributed by atoms with Gasteiger partial charge in [0.25, 0.3) is 0 Å². The van der Waals surface area contributed by atoms with E-state index in [4.69, 9.17) is 69.3 Å². The molecule has 358 valence electrons. The first-order valence-corrected chi connectivity index (χ1v) is 23.3. The van der Waals surface area contributed by atoms with Gasteiger partial charge in [0.1, 0.15) is 45.2 Å². The van der Waals surface area contributed by atoms with Gasteiger partial charge in [-0.3, -0.25) is 19.4 Å². The average molecular weight is 1010 g/mol. The minimum Gasteiger partial charge on any atom is -0.250 e. The Bertz CT molecular complexity index is 4900. The Hall–Kier alpha value is -13.1. The fourth-order valence-corrected chi connectivity index (χ4v) is 9.08. The number of rotatable bonds is 8. The summed E-state index contributed by atoms with van der Waals surface area (Å²) in [5, 5.41) is 50.4. The molecule has 0 saturated heterocycles. The van der Waals surface area contributed by atoms with Gasteiger partial charge in [-0.15, -0.1) is 0 Å². The topological polar surface area (TPSA) is 222 Å². The van der Waals surface area contributed by atoms with Gasteiger partial charge in [0.2, 0.25) is 11.4 Å². The molecule has 0 saturated carbocycles. The molecule has 79 heavy (non-hydrogen) atoms. The summed E-state index contributed by atoms with van der Waals surface area (Å²) in [7, 11) is 0. The molecule has 0 radical (unpaired) electrons. The fraction of sp³-hybridized carbons (Fsp3) is 0.0484. The van der Waals surface area contributed by atoms with E-state index in [1.807, 2.05) is 0 Å². The minimum atomic E-state index is 0.0294. The predicted molar refractivity (Wildman–Crippen MR) is 292 cm³/mol. The zero-order valence-corrected chi connectivity index (χ0v) is 40.9. The smallest absolute Gasteiger partial charge is 0.205 e. The summed E-state index contributed by atoms with van der Waals surface area (Å²) in [6, 6.07) is 39.3. The van der Waals surface area contributed by atoms with Crippen LogP contribution < -0.4 is 0 Å². The van der Waals surface area contributed by atoms with Gasteiger partial charge in [0, 0.05) is 24.0 Å². The van der Waals surface area contributed by atoms with Gasteiger partial charge in [-0.2, -0.15) is 26.3 Å². The molecule has 3 heterocycles. The summed E-state index contributed by atoms with van der Waals surface area (Å²) in [5.41, 5.74) is 7.26. The zero-order valence-electron chi connectivity index (χ0n) is 40.9. The first kappa shape index (κ1) is 49.5. The highest BCUT2D eigenvalue weighted by molar-refractivity contribution is 6.19. The van der Waals surface area contributed by atoms with Crippen LogP contribution in [-0.2, 0) is 12.8 Å². The van der Waals surface area contributed by atoms with E-state index in [-0.39, 0.29) is 125 Å². The zero-order chi connectivity index (χ0) is 55.5. The molecule has 0 bridgehead atoms. The highest BCUT2D eigenvalue weighted by atomic mass is 14.9. The van der Waals surface area contributed by atoms with E-state index in [2.05, 4.69) is 59.4 Å². The molecule has 10 aromatic rings. The SMILES string of the molecule is [C-]#[N+]c1ccc(-c2nc3c(nc2-c2ccc([N+]#[C-])c([N+]#[C-])c2)c2nc(Cc4ccc([N+]#[C-])c([N+]#[C-])c4)c(Cc4ccc(C#N)c(C#N)c4)nc2c2nc(-c4ccc(C)c(C#N)c4)c(-c4ccc(C#N)c([N+]#[C-])c4)nc23)cc1C#N. The van der Waals surface area contributed by atoms with Crippen LogP contribution in [0.2, 0.25) is 0 Å². The number of nitriles is 5. The third-order valence-corrected chi connectivity index (χ3v) is 13.0. The van der Waals surface area contributed by atoms with Crippen LogP contribution in [0.5, 0.6) is 0 Å². The molecule has 17 heteroatoms. The van der Waals surface area contributed by atoms with Gasteiger partial charge in [0.05, 0.1) is 120 Å². The van der Waals surface area contributed by atoms with Gasteiger partial charge < -0.3 is 0 Å². The lowest BCUT2D eigenvalue weighted by atomic mass is 9.97. The maximum absolute atomic E-state index is 10.3. The van der Waals surface area contributed by atoms with Crippen molar-refractivity contribution in [1.82, 2.24) is 29.9 Å². The highest BCUT2D eigenvalue weighted by Gasteiger charge is 2.27. The number of hydrogen-bond donors (Lipinski definition) is 0. The van der Waals surface area contributed by atoms with Crippen molar-refractivity contribution < 1.29 is 0 Å². The van der Waals surface area contributed by atoms with Gasteiger partial charge in [-0.1, -0.05) is 84.4 Å². The van der Waals surface area contributed by atoms with Crippen molar-refractivity contribution in [2.24, 2.45) is 0 Å². The molecule has 0 aliphatic rings. The van der Waals surface area contributed by atoms with Gasteiger partial charge in [-0.05, 0) is 59.5 Å². The van der Waals surface area contributed by atoms with Crippen molar-refractivity contribution in [3.8, 4) is 75.4 Å². The maximum Gasteiger partial charge on any atom is 0.205 e. The molecule has 0 fully saturated rings. The molecule has 17 nitrogen and oxygen atoms in total. The second-order valence-corrected chi connectivity index (χ2v) is 17.5. The van der Waals surface area contributed by atoms with Crippen molar-refractivity contribution in [1.29, 1.82) is 26.3 Å². The van der Waals surface area contributed by atoms with E-state index in [0.717, 1.165) is 0 Å². The number of aryl methyl sites for hydroxylation is 1. The Morgan fingerprint density at radius 1 is 0.329 bits per heavy atom. The van der Waals surface area contributed by atoms with Crippen molar-refractivity contribution >= 4 is 67.2 Å². The summed E-state index contributed by atoms with van der Waals surface area (Å²) in [6.45, 7) is 48.8. The number of aromatic nitrogens is 6. The molecular weight excluding hydrogens is 983 g/mol. The largest absolute Gasteiger partial charge is 0.250 e. The van der Waals surface area contributed by atoms with Crippen LogP contribution in [0.25, 0.3) is 107 Å². The Kier molecular flexibility index (Phi) is 12.8. The Morgan fingerprint density at radius 3 is 1.19 bits per heavy atom. The molecule has 0 spiro atoms. The molecular formula is C62H25N17. The first-order chi connectivity index (χ1) is 38.5. The Balaban J connectivity index is 1.42. The van der Waals surface area contributed by atoms with Crippen molar-refractivity contribution in [2.45, 2.75) is 19.8 Å². The van der Waals surface area contributed by atoms with E-state index >= 15 is 0 Å². The molecule has 0 atom stereocenters. The second kappa shape index (κ2) is 20.5. The predicted octanol–water partition coefficient (Wildman–Crippen LogP) is 14.3. The molecule has 7 aromatic carbocycles. The quantitative estimate of drug-likeness (QED) is 0.103. The van der Waals surface area contributed by atoms with E-state index in [0.29, 0.717) is 55.9 Å². The van der Waals surface area contributed by atoms with Gasteiger partial charge in [-0.25, -0.2) is 39.6 Å². The summed E-state index contributed by atoms with van der Waals surface area (Å²) in [6.07, 6.45) is 0.123. The molecule has 0 N–H and O–H groups in total. The van der Waals surface area contributed by atoms with E-state index in [1.165, 1.54) is 36.4 Å². The molecule has 3 aromatic heterocycles. The monoisotopic (exact) mass is 1010 g/mol. The Labute approximate surface area is 450 Å². The molecule has 0 unspecified atom stereocenters. The maximum atomic E-state index is 10.3. The lowest BCUT2D eigenvalue weighted by Gasteiger charge is -2.18. The third-order valence-electron chi connectivity index (χ3n) is 13.0. The molecule has 10 rings (SSSR count). The molecule has 0 aliphatic heterocycles. The first-order valence-electron chi connectivity index (χ1n) is 23.3. The lowest BCUT2D eigenvalue weighted by Crippen LogP contribution is -2.08. The van der Waals surface area contributed by atoms with Crippen LogP contribution in [-0.4, -0.2) is 29.9 Å². The minimum absolute atomic E-state index is 0.0294. The van der Waals surface area contributed by atoms with Crippen molar-refractivity contribution in [3.63, 3.8) is 0 Å². The summed E-state index contributed by atoms with van der Waals surface area (Å²) in [4.78, 5) is 53.6. The highest BCUT2D eigenvalue weighted by Crippen LogP contribution is 2.43. The van der Waals surface area contributed by atoms with Crippen molar-refractivity contribution in [3.05, 3.63) is 234 Å². The normalized spacial score (nSPS) is 10.3. The van der Waals surface area contributed by atoms with Crippen LogP contribution in [0, 0.1) is 103 Å². The van der Waals surface area contributed by atoms with Crippen LogP contribution in [0.4, 0.5) is 34.1 Å². The van der Waals surface area contributed by atoms with Crippen molar-refractivity contribution in [2.75, 3.05) is 0 Å². The van der Waals surface area contributed by atoms with Crippen LogP contribution in [0.3, 0.4) is 0 Å². The van der Waals surface area contributed by atoms with Crippen LogP contribution in [0.1, 0.15) is 55.9 Å². The summed E-state index contributed by atoms with van der Waals surface area (Å²) in [5.74, 6) is 0. The Morgan fingerprint density at radius 2 is 0.696 bits per heavy atom. The number of benzene rings is 7. The number of hydrogen-bond acceptors (Lipinski definition) is 11.